The van der Waals surface area contributed by atoms with E-state index < -0.39 is 11.6 Å². The van der Waals surface area contributed by atoms with Crippen molar-refractivity contribution in [1.82, 2.24) is 4.98 Å². The molecular weight excluding hydrogens is 297 g/mol. The number of halogens is 1. The van der Waals surface area contributed by atoms with Gasteiger partial charge in [0, 0.05) is 5.56 Å². The maximum Gasteiger partial charge on any atom is 0.355 e. The first-order valence-electron chi connectivity index (χ1n) is 7.46. The van der Waals surface area contributed by atoms with E-state index in [2.05, 4.69) is 4.98 Å². The van der Waals surface area contributed by atoms with E-state index >= 15 is 0 Å². The Kier molecular flexibility index (Phi) is 4.68. The summed E-state index contributed by atoms with van der Waals surface area (Å²) in [6.45, 7) is 7.22. The van der Waals surface area contributed by atoms with Gasteiger partial charge in [0.05, 0.1) is 5.69 Å². The normalized spacial score (nSPS) is 11.3. The second-order valence-electron chi connectivity index (χ2n) is 6.25. The molecule has 2 rings (SSSR count). The van der Waals surface area contributed by atoms with Crippen LogP contribution in [0.15, 0.2) is 24.3 Å². The molecule has 0 unspecified atom stereocenters. The topological polar surface area (TPSA) is 59.2 Å². The fourth-order valence-electron chi connectivity index (χ4n) is 2.45. The summed E-state index contributed by atoms with van der Waals surface area (Å²) in [5, 5.41) is 0. The van der Waals surface area contributed by atoms with Crippen LogP contribution in [-0.2, 0) is 11.2 Å². The predicted molar refractivity (Wildman–Crippen MR) is 86.1 cm³/mol. The molecule has 1 aromatic carbocycles. The van der Waals surface area contributed by atoms with Gasteiger partial charge in [0.1, 0.15) is 17.1 Å². The van der Waals surface area contributed by atoms with Crippen molar-refractivity contribution in [3.8, 4) is 11.1 Å². The van der Waals surface area contributed by atoms with Crippen molar-refractivity contribution < 1.29 is 18.7 Å². The zero-order valence-corrected chi connectivity index (χ0v) is 13.7. The predicted octanol–water partition coefficient (Wildman–Crippen LogP) is 4.15. The third kappa shape index (κ3) is 3.67. The SMILES string of the molecule is CCc1c(C(=O)OC(C)(C)C)[nH]c(C=O)c1-c1ccc(F)cc1. The number of benzene rings is 1. The Bertz CT molecular complexity index is 724. The molecule has 0 aliphatic carbocycles. The van der Waals surface area contributed by atoms with E-state index in [1.807, 2.05) is 6.92 Å². The Hall–Kier alpha value is -2.43. The Morgan fingerprint density at radius 3 is 2.35 bits per heavy atom. The largest absolute Gasteiger partial charge is 0.455 e. The Morgan fingerprint density at radius 2 is 1.87 bits per heavy atom. The second-order valence-corrected chi connectivity index (χ2v) is 6.25. The van der Waals surface area contributed by atoms with Gasteiger partial charge >= 0.3 is 5.97 Å². The van der Waals surface area contributed by atoms with E-state index in [1.54, 1.807) is 32.9 Å². The molecule has 0 radical (unpaired) electrons. The maximum absolute atomic E-state index is 13.1. The van der Waals surface area contributed by atoms with Crippen molar-refractivity contribution in [1.29, 1.82) is 0 Å². The minimum absolute atomic E-state index is 0.267. The monoisotopic (exact) mass is 317 g/mol. The average Bonchev–Trinajstić information content (AvgIpc) is 2.85. The van der Waals surface area contributed by atoms with Gasteiger partial charge in [-0.15, -0.1) is 0 Å². The molecule has 0 aliphatic heterocycles. The van der Waals surface area contributed by atoms with E-state index in [9.17, 15) is 14.0 Å². The van der Waals surface area contributed by atoms with Gasteiger partial charge in [-0.1, -0.05) is 19.1 Å². The van der Waals surface area contributed by atoms with Crippen molar-refractivity contribution in [2.45, 2.75) is 39.7 Å². The van der Waals surface area contributed by atoms with E-state index in [0.717, 1.165) is 0 Å². The fourth-order valence-corrected chi connectivity index (χ4v) is 2.45. The fraction of sp³-hybridized carbons (Fsp3) is 0.333. The smallest absolute Gasteiger partial charge is 0.355 e. The summed E-state index contributed by atoms with van der Waals surface area (Å²) in [5.41, 5.74) is 1.90. The number of esters is 1. The summed E-state index contributed by atoms with van der Waals surface area (Å²) in [5.74, 6) is -0.867. The molecule has 0 aliphatic rings. The molecule has 0 amide bonds. The quantitative estimate of drug-likeness (QED) is 0.680. The summed E-state index contributed by atoms with van der Waals surface area (Å²) < 4.78 is 18.5. The van der Waals surface area contributed by atoms with Crippen molar-refractivity contribution >= 4 is 12.3 Å². The van der Waals surface area contributed by atoms with Gasteiger partial charge in [-0.2, -0.15) is 0 Å². The molecule has 1 aromatic heterocycles. The third-order valence-electron chi connectivity index (χ3n) is 3.34. The molecule has 0 bridgehead atoms. The number of nitrogens with one attached hydrogen (secondary N) is 1. The molecule has 0 saturated heterocycles. The van der Waals surface area contributed by atoms with Gasteiger partial charge in [-0.3, -0.25) is 4.79 Å². The lowest BCUT2D eigenvalue weighted by atomic mass is 9.98. The van der Waals surface area contributed by atoms with Crippen LogP contribution in [0.3, 0.4) is 0 Å². The molecule has 1 N–H and O–H groups in total. The van der Waals surface area contributed by atoms with E-state index in [0.29, 0.717) is 29.4 Å². The van der Waals surface area contributed by atoms with E-state index in [4.69, 9.17) is 4.74 Å². The highest BCUT2D eigenvalue weighted by Gasteiger charge is 2.26. The Morgan fingerprint density at radius 1 is 1.26 bits per heavy atom. The number of hydrogen-bond donors (Lipinski definition) is 1. The molecule has 0 spiro atoms. The first kappa shape index (κ1) is 16.9. The van der Waals surface area contributed by atoms with Crippen molar-refractivity contribution in [3.63, 3.8) is 0 Å². The van der Waals surface area contributed by atoms with Crippen LogP contribution >= 0.6 is 0 Å². The molecule has 1 heterocycles. The minimum atomic E-state index is -0.634. The van der Waals surface area contributed by atoms with Gasteiger partial charge in [0.15, 0.2) is 6.29 Å². The summed E-state index contributed by atoms with van der Waals surface area (Å²) in [6.07, 6.45) is 1.19. The van der Waals surface area contributed by atoms with Crippen LogP contribution in [0.1, 0.15) is 54.2 Å². The van der Waals surface area contributed by atoms with Gasteiger partial charge in [-0.05, 0) is 50.5 Å². The molecule has 23 heavy (non-hydrogen) atoms. The van der Waals surface area contributed by atoms with Crippen LogP contribution in [0.5, 0.6) is 0 Å². The number of rotatable bonds is 4. The molecule has 0 saturated carbocycles. The molecule has 0 fully saturated rings. The molecule has 5 heteroatoms. The molecule has 4 nitrogen and oxygen atoms in total. The highest BCUT2D eigenvalue weighted by molar-refractivity contribution is 5.97. The van der Waals surface area contributed by atoms with Crippen LogP contribution in [-0.4, -0.2) is 22.8 Å². The van der Waals surface area contributed by atoms with E-state index in [-0.39, 0.29) is 17.2 Å². The lowest BCUT2D eigenvalue weighted by Gasteiger charge is -2.19. The van der Waals surface area contributed by atoms with Gasteiger partial charge in [0.25, 0.3) is 0 Å². The van der Waals surface area contributed by atoms with Gasteiger partial charge < -0.3 is 9.72 Å². The average molecular weight is 317 g/mol. The minimum Gasteiger partial charge on any atom is -0.455 e. The van der Waals surface area contributed by atoms with Crippen LogP contribution in [0, 0.1) is 5.82 Å². The van der Waals surface area contributed by atoms with Crippen molar-refractivity contribution in [3.05, 3.63) is 47.0 Å². The van der Waals surface area contributed by atoms with Crippen LogP contribution in [0.2, 0.25) is 0 Å². The van der Waals surface area contributed by atoms with Gasteiger partial charge in [0.2, 0.25) is 0 Å². The Labute approximate surface area is 134 Å². The highest BCUT2D eigenvalue weighted by Crippen LogP contribution is 2.31. The van der Waals surface area contributed by atoms with Crippen molar-refractivity contribution in [2.75, 3.05) is 0 Å². The molecule has 0 atom stereocenters. The second kappa shape index (κ2) is 6.36. The number of hydrogen-bond acceptors (Lipinski definition) is 3. The molecule has 122 valence electrons. The first-order valence-corrected chi connectivity index (χ1v) is 7.46. The summed E-state index contributed by atoms with van der Waals surface area (Å²) in [4.78, 5) is 26.6. The highest BCUT2D eigenvalue weighted by atomic mass is 19.1. The number of ether oxygens (including phenoxy) is 1. The van der Waals surface area contributed by atoms with Crippen LogP contribution in [0.25, 0.3) is 11.1 Å². The van der Waals surface area contributed by atoms with Gasteiger partial charge in [-0.25, -0.2) is 9.18 Å². The lowest BCUT2D eigenvalue weighted by molar-refractivity contribution is 0.00624. The standard InChI is InChI=1S/C18H20FNO3/c1-5-13-15(11-6-8-12(19)9-7-11)14(10-21)20-16(13)17(22)23-18(2,3)4/h6-10,20H,5H2,1-4H3. The zero-order valence-electron chi connectivity index (χ0n) is 13.7. The summed E-state index contributed by atoms with van der Waals surface area (Å²) in [7, 11) is 0. The number of aldehydes is 1. The number of aromatic nitrogens is 1. The third-order valence-corrected chi connectivity index (χ3v) is 3.34. The summed E-state index contributed by atoms with van der Waals surface area (Å²) in [6, 6.07) is 5.82. The lowest BCUT2D eigenvalue weighted by Crippen LogP contribution is -2.24. The van der Waals surface area contributed by atoms with Crippen molar-refractivity contribution in [2.24, 2.45) is 0 Å². The zero-order chi connectivity index (χ0) is 17.2. The summed E-state index contributed by atoms with van der Waals surface area (Å²) >= 11 is 0. The Balaban J connectivity index is 2.57. The number of carbonyl (C=O) groups is 2. The van der Waals surface area contributed by atoms with Crippen LogP contribution in [0.4, 0.5) is 4.39 Å². The molecular formula is C18H20FNO3. The van der Waals surface area contributed by atoms with E-state index in [1.165, 1.54) is 12.1 Å². The first-order chi connectivity index (χ1) is 10.8. The number of aromatic amines is 1. The number of H-pyrrole nitrogens is 1. The van der Waals surface area contributed by atoms with Crippen LogP contribution < -0.4 is 0 Å². The molecule has 2 aromatic rings. The maximum atomic E-state index is 13.1. The number of carbonyl (C=O) groups excluding carboxylic acids is 2.